The Morgan fingerprint density at radius 2 is 1.54 bits per heavy atom. The first-order chi connectivity index (χ1) is 33.3. The zero-order valence-corrected chi connectivity index (χ0v) is 44.6. The fraction of sp³-hybridized carbons (Fsp3) is 0.594. The van der Waals surface area contributed by atoms with Crippen molar-refractivity contribution in [2.24, 2.45) is 39.4 Å². The lowest BCUT2D eigenvalue weighted by Crippen LogP contribution is -2.62. The SMILES string of the molecule is CC(C)(C)C1=CC2C3=C(C4CCCC=C4O3)N3C4=C5B(C6CCC(N7C8=C(CC(C(C)(C)C)C=C8)C8(C)CCCCC78C)C=C6N(C6=C7Oc8ccccc8C7CC=C6)C5CC(C(C)(C)C)=C4)C(C1)C23. The number of nitrogens with zero attached hydrogens (tertiary/aromatic N) is 3. The molecule has 6 heteroatoms. The average Bonchev–Trinajstić information content (AvgIpc) is 4.04. The molecular formula is C64H80BN3O2. The second-order valence-corrected chi connectivity index (χ2v) is 28.0. The Bertz CT molecular complexity index is 2840. The number of fused-ring (bicyclic) bond motifs is 13. The van der Waals surface area contributed by atoms with Crippen LogP contribution in [-0.2, 0) is 4.74 Å². The third-order valence-electron chi connectivity index (χ3n) is 21.5. The molecule has 6 aliphatic heterocycles. The maximum Gasteiger partial charge on any atom is 0.190 e. The molecule has 1 saturated carbocycles. The Labute approximate surface area is 421 Å². The minimum atomic E-state index is 0.0146. The van der Waals surface area contributed by atoms with Gasteiger partial charge in [-0.05, 0) is 153 Å². The Morgan fingerprint density at radius 1 is 0.743 bits per heavy atom. The van der Waals surface area contributed by atoms with Crippen LogP contribution in [0.15, 0.2) is 141 Å². The summed E-state index contributed by atoms with van der Waals surface area (Å²) in [4.78, 5) is 9.00. The van der Waals surface area contributed by atoms with Crippen molar-refractivity contribution >= 4 is 6.71 Å². The summed E-state index contributed by atoms with van der Waals surface area (Å²) in [6.07, 6.45) is 36.7. The van der Waals surface area contributed by atoms with Gasteiger partial charge in [0.05, 0.1) is 35.2 Å². The Balaban J connectivity index is 0.998. The van der Waals surface area contributed by atoms with E-state index in [9.17, 15) is 0 Å². The van der Waals surface area contributed by atoms with E-state index >= 15 is 0 Å². The van der Waals surface area contributed by atoms with Gasteiger partial charge in [0.1, 0.15) is 23.0 Å². The summed E-state index contributed by atoms with van der Waals surface area (Å²) in [7, 11) is 0. The van der Waals surface area contributed by atoms with Gasteiger partial charge in [-0.2, -0.15) is 0 Å². The highest BCUT2D eigenvalue weighted by atomic mass is 16.5. The second-order valence-electron chi connectivity index (χ2n) is 28.0. The van der Waals surface area contributed by atoms with Crippen LogP contribution in [-0.4, -0.2) is 45.1 Å². The molecule has 0 radical (unpaired) electrons. The predicted molar refractivity (Wildman–Crippen MR) is 285 cm³/mol. The molecule has 1 aromatic rings. The third-order valence-corrected chi connectivity index (χ3v) is 21.5. The summed E-state index contributed by atoms with van der Waals surface area (Å²) in [6, 6.07) is 9.83. The quantitative estimate of drug-likeness (QED) is 0.218. The zero-order chi connectivity index (χ0) is 48.2. The first kappa shape index (κ1) is 44.4. The monoisotopic (exact) mass is 934 g/mol. The van der Waals surface area contributed by atoms with Crippen LogP contribution < -0.4 is 4.74 Å². The predicted octanol–water partition coefficient (Wildman–Crippen LogP) is 15.6. The fourth-order valence-corrected chi connectivity index (χ4v) is 17.6. The normalized spacial score (nSPS) is 37.8. The van der Waals surface area contributed by atoms with Crippen molar-refractivity contribution in [1.29, 1.82) is 0 Å². The molecule has 70 heavy (non-hydrogen) atoms. The van der Waals surface area contributed by atoms with Crippen LogP contribution >= 0.6 is 0 Å². The van der Waals surface area contributed by atoms with Crippen LogP contribution in [0.25, 0.3) is 0 Å². The lowest BCUT2D eigenvalue weighted by molar-refractivity contribution is 0.00720. The summed E-state index contributed by atoms with van der Waals surface area (Å²) in [5.74, 6) is 7.12. The van der Waals surface area contributed by atoms with E-state index in [-0.39, 0.29) is 45.1 Å². The van der Waals surface area contributed by atoms with Crippen molar-refractivity contribution in [3.63, 3.8) is 0 Å². The molecular weight excluding hydrogens is 854 g/mol. The van der Waals surface area contributed by atoms with E-state index in [1.165, 1.54) is 104 Å². The van der Waals surface area contributed by atoms with E-state index in [1.54, 1.807) is 33.6 Å². The number of rotatable bonds is 2. The van der Waals surface area contributed by atoms with Gasteiger partial charge in [-0.3, -0.25) is 0 Å². The minimum absolute atomic E-state index is 0.0146. The molecule has 14 rings (SSSR count). The highest BCUT2D eigenvalue weighted by Crippen LogP contribution is 2.68. The molecule has 0 amide bonds. The van der Waals surface area contributed by atoms with E-state index in [2.05, 4.69) is 164 Å². The largest absolute Gasteiger partial charge is 0.463 e. The van der Waals surface area contributed by atoms with Crippen LogP contribution in [0.4, 0.5) is 0 Å². The summed E-state index contributed by atoms with van der Waals surface area (Å²) < 4.78 is 14.5. The summed E-state index contributed by atoms with van der Waals surface area (Å²) in [6.45, 7) is 28.1. The molecule has 366 valence electrons. The van der Waals surface area contributed by atoms with Gasteiger partial charge in [-0.15, -0.1) is 0 Å². The van der Waals surface area contributed by atoms with Crippen LogP contribution in [0.2, 0.25) is 11.6 Å². The van der Waals surface area contributed by atoms with Gasteiger partial charge in [0.25, 0.3) is 0 Å². The van der Waals surface area contributed by atoms with E-state index in [0.29, 0.717) is 42.3 Å². The number of allylic oxidation sites excluding steroid dienone is 9. The van der Waals surface area contributed by atoms with Crippen molar-refractivity contribution < 1.29 is 9.47 Å². The van der Waals surface area contributed by atoms with E-state index in [4.69, 9.17) is 9.47 Å². The molecule has 0 bridgehead atoms. The molecule has 2 fully saturated rings. The van der Waals surface area contributed by atoms with Gasteiger partial charge in [0, 0.05) is 45.7 Å². The number of hydrogen-bond acceptors (Lipinski definition) is 5. The molecule has 1 aromatic carbocycles. The van der Waals surface area contributed by atoms with Crippen LogP contribution in [0.5, 0.6) is 5.75 Å². The van der Waals surface area contributed by atoms with Crippen molar-refractivity contribution in [3.05, 3.63) is 146 Å². The van der Waals surface area contributed by atoms with Crippen LogP contribution in [0.3, 0.4) is 0 Å². The lowest BCUT2D eigenvalue weighted by atomic mass is 9.22. The Hall–Kier alpha value is -4.32. The molecule has 0 aromatic heterocycles. The number of hydrogen-bond donors (Lipinski definition) is 0. The van der Waals surface area contributed by atoms with Crippen molar-refractivity contribution in [2.45, 2.75) is 201 Å². The summed E-state index contributed by atoms with van der Waals surface area (Å²) >= 11 is 0. The van der Waals surface area contributed by atoms with Gasteiger partial charge >= 0.3 is 0 Å². The molecule has 5 nitrogen and oxygen atoms in total. The molecule has 7 aliphatic carbocycles. The summed E-state index contributed by atoms with van der Waals surface area (Å²) in [5, 5.41) is 0. The molecule has 11 unspecified atom stereocenters. The first-order valence-corrected chi connectivity index (χ1v) is 28.3. The fourth-order valence-electron chi connectivity index (χ4n) is 17.6. The van der Waals surface area contributed by atoms with Gasteiger partial charge in [0.2, 0.25) is 0 Å². The van der Waals surface area contributed by atoms with Gasteiger partial charge in [0.15, 0.2) is 6.71 Å². The van der Waals surface area contributed by atoms with Gasteiger partial charge in [-0.25, -0.2) is 0 Å². The Morgan fingerprint density at radius 3 is 2.34 bits per heavy atom. The molecule has 11 atom stereocenters. The highest BCUT2D eigenvalue weighted by molar-refractivity contribution is 6.72. The van der Waals surface area contributed by atoms with E-state index in [1.807, 2.05) is 0 Å². The average molecular weight is 934 g/mol. The zero-order valence-electron chi connectivity index (χ0n) is 44.6. The standard InChI is InChI=1S/C64H80BN3O2/c1-60(2,3)37-25-28-48-45(32-37)63(10)29-16-17-30-64(63,11)68(48)40-26-27-46-50(36-40)66(49-22-18-21-42-41-19-12-14-23-53(41)69-58(42)49)51-34-39(62(7,8)9)35-52-55(51)65(46)47-33-38(61(4,5)6)31-44-56(47)67(52)57-43-20-13-15-24-54(43)70-59(44)57/h12,14,18-19,22-25,28,31,35-37,40,42-44,46-47,51,56H,13,15-17,20-21,26-27,29-30,32-34H2,1-11H3. The van der Waals surface area contributed by atoms with Crippen molar-refractivity contribution in [3.8, 4) is 5.75 Å². The van der Waals surface area contributed by atoms with Gasteiger partial charge in [-0.1, -0.05) is 135 Å². The second kappa shape index (κ2) is 14.7. The maximum atomic E-state index is 7.26. The first-order valence-electron chi connectivity index (χ1n) is 28.3. The number of benzene rings is 1. The Kier molecular flexibility index (Phi) is 9.31. The van der Waals surface area contributed by atoms with E-state index < -0.39 is 0 Å². The van der Waals surface area contributed by atoms with Crippen molar-refractivity contribution in [2.75, 3.05) is 0 Å². The highest BCUT2D eigenvalue weighted by Gasteiger charge is 2.66. The van der Waals surface area contributed by atoms with Gasteiger partial charge < -0.3 is 24.2 Å². The molecule has 1 saturated heterocycles. The topological polar surface area (TPSA) is 28.2 Å². The molecule has 6 heterocycles. The maximum absolute atomic E-state index is 7.26. The van der Waals surface area contributed by atoms with Crippen LogP contribution in [0, 0.1) is 39.4 Å². The smallest absolute Gasteiger partial charge is 0.190 e. The molecule has 0 N–H and O–H groups in total. The minimum Gasteiger partial charge on any atom is -0.463 e. The molecule has 0 spiro atoms. The molecule has 13 aliphatic rings. The number of para-hydroxylation sites is 1. The number of ether oxygens (including phenoxy) is 2. The third kappa shape index (κ3) is 5.92. The van der Waals surface area contributed by atoms with E-state index in [0.717, 1.165) is 25.0 Å². The lowest BCUT2D eigenvalue weighted by Gasteiger charge is -2.61. The summed E-state index contributed by atoms with van der Waals surface area (Å²) in [5.41, 5.74) is 16.2. The van der Waals surface area contributed by atoms with Crippen molar-refractivity contribution in [1.82, 2.24) is 14.7 Å². The van der Waals surface area contributed by atoms with Crippen LogP contribution in [0.1, 0.15) is 171 Å².